The van der Waals surface area contributed by atoms with Gasteiger partial charge in [-0.05, 0) is 30.5 Å². The standard InChI is InChI=1S/C15H13N3OS/c19-12-3-10(4-12)15-18-13-2-1-9(5-14(13)20-15)11-6-16-8-17-7-11/h1-2,5-8,10,12,19H,3-4H2/t10-,12+. The third-order valence-corrected chi connectivity index (χ3v) is 4.94. The van der Waals surface area contributed by atoms with Crippen molar-refractivity contribution < 1.29 is 5.11 Å². The van der Waals surface area contributed by atoms with Crippen LogP contribution in [0, 0.1) is 0 Å². The van der Waals surface area contributed by atoms with Crippen LogP contribution in [0.15, 0.2) is 36.9 Å². The van der Waals surface area contributed by atoms with Crippen molar-refractivity contribution in [1.82, 2.24) is 15.0 Å². The molecule has 1 saturated carbocycles. The number of thiazole rings is 1. The number of rotatable bonds is 2. The van der Waals surface area contributed by atoms with Gasteiger partial charge in [0.2, 0.25) is 0 Å². The Hall–Kier alpha value is -1.85. The first-order chi connectivity index (χ1) is 9.79. The van der Waals surface area contributed by atoms with Crippen LogP contribution in [0.3, 0.4) is 0 Å². The number of benzene rings is 1. The van der Waals surface area contributed by atoms with E-state index in [4.69, 9.17) is 0 Å². The minimum atomic E-state index is -0.135. The Kier molecular flexibility index (Phi) is 2.75. The average Bonchev–Trinajstić information content (AvgIpc) is 2.87. The van der Waals surface area contributed by atoms with Crippen molar-refractivity contribution >= 4 is 21.6 Å². The number of nitrogens with zero attached hydrogens (tertiary/aromatic N) is 3. The zero-order chi connectivity index (χ0) is 13.5. The van der Waals surface area contributed by atoms with E-state index in [2.05, 4.69) is 27.1 Å². The Morgan fingerprint density at radius 3 is 2.65 bits per heavy atom. The minimum Gasteiger partial charge on any atom is -0.393 e. The summed E-state index contributed by atoms with van der Waals surface area (Å²) in [6.07, 6.45) is 6.73. The predicted molar refractivity (Wildman–Crippen MR) is 78.6 cm³/mol. The maximum Gasteiger partial charge on any atom is 0.115 e. The fraction of sp³-hybridized carbons (Fsp3) is 0.267. The van der Waals surface area contributed by atoms with Gasteiger partial charge >= 0.3 is 0 Å². The molecule has 0 saturated heterocycles. The number of hydrogen-bond acceptors (Lipinski definition) is 5. The van der Waals surface area contributed by atoms with E-state index >= 15 is 0 Å². The van der Waals surface area contributed by atoms with Crippen LogP contribution in [-0.4, -0.2) is 26.2 Å². The van der Waals surface area contributed by atoms with Crippen LogP contribution in [-0.2, 0) is 0 Å². The molecule has 4 nitrogen and oxygen atoms in total. The Bertz CT molecular complexity index is 750. The van der Waals surface area contributed by atoms with Crippen molar-refractivity contribution in [3.63, 3.8) is 0 Å². The van der Waals surface area contributed by atoms with Gasteiger partial charge in [0, 0.05) is 23.9 Å². The van der Waals surface area contributed by atoms with E-state index < -0.39 is 0 Å². The molecule has 100 valence electrons. The maximum atomic E-state index is 9.41. The van der Waals surface area contributed by atoms with Gasteiger partial charge in [0.1, 0.15) is 6.33 Å². The molecular weight excluding hydrogens is 270 g/mol. The van der Waals surface area contributed by atoms with Gasteiger partial charge in [0.15, 0.2) is 0 Å². The van der Waals surface area contributed by atoms with Crippen LogP contribution in [0.4, 0.5) is 0 Å². The number of hydrogen-bond donors (Lipinski definition) is 1. The van der Waals surface area contributed by atoms with E-state index in [0.717, 1.165) is 34.5 Å². The highest BCUT2D eigenvalue weighted by molar-refractivity contribution is 7.18. The zero-order valence-electron chi connectivity index (χ0n) is 10.7. The van der Waals surface area contributed by atoms with E-state index in [1.54, 1.807) is 11.3 Å². The summed E-state index contributed by atoms with van der Waals surface area (Å²) in [5, 5.41) is 10.6. The summed E-state index contributed by atoms with van der Waals surface area (Å²) in [5.74, 6) is 0.436. The Morgan fingerprint density at radius 1 is 1.10 bits per heavy atom. The summed E-state index contributed by atoms with van der Waals surface area (Å²) >= 11 is 1.73. The molecule has 0 bridgehead atoms. The molecule has 1 N–H and O–H groups in total. The van der Waals surface area contributed by atoms with Crippen molar-refractivity contribution in [2.24, 2.45) is 0 Å². The molecule has 2 aromatic heterocycles. The van der Waals surface area contributed by atoms with E-state index in [-0.39, 0.29) is 6.10 Å². The summed E-state index contributed by atoms with van der Waals surface area (Å²) in [6.45, 7) is 0. The second-order valence-electron chi connectivity index (χ2n) is 5.18. The lowest BCUT2D eigenvalue weighted by Gasteiger charge is -2.29. The minimum absolute atomic E-state index is 0.135. The van der Waals surface area contributed by atoms with Crippen LogP contribution >= 0.6 is 11.3 Å². The average molecular weight is 283 g/mol. The molecule has 0 atom stereocenters. The molecule has 0 aliphatic heterocycles. The molecule has 4 rings (SSSR count). The highest BCUT2D eigenvalue weighted by Crippen LogP contribution is 2.40. The molecule has 20 heavy (non-hydrogen) atoms. The Balaban J connectivity index is 1.72. The lowest BCUT2D eigenvalue weighted by Crippen LogP contribution is -2.26. The normalized spacial score (nSPS) is 21.9. The topological polar surface area (TPSA) is 58.9 Å². The van der Waals surface area contributed by atoms with Crippen molar-refractivity contribution in [3.05, 3.63) is 41.9 Å². The molecule has 3 aromatic rings. The fourth-order valence-electron chi connectivity index (χ4n) is 2.53. The molecule has 0 unspecified atom stereocenters. The second kappa shape index (κ2) is 4.61. The smallest absolute Gasteiger partial charge is 0.115 e. The van der Waals surface area contributed by atoms with Crippen LogP contribution in [0.2, 0.25) is 0 Å². The molecular formula is C15H13N3OS. The molecule has 0 amide bonds. The number of fused-ring (bicyclic) bond motifs is 1. The van der Waals surface area contributed by atoms with E-state index in [1.165, 1.54) is 11.0 Å². The van der Waals surface area contributed by atoms with Gasteiger partial charge < -0.3 is 5.11 Å². The largest absolute Gasteiger partial charge is 0.393 e. The molecule has 1 aliphatic carbocycles. The number of aliphatic hydroxyl groups is 1. The first kappa shape index (κ1) is 11.9. The maximum absolute atomic E-state index is 9.41. The first-order valence-corrected chi connectivity index (χ1v) is 7.45. The van der Waals surface area contributed by atoms with Gasteiger partial charge in [-0.2, -0.15) is 0 Å². The fourth-order valence-corrected chi connectivity index (χ4v) is 3.67. The van der Waals surface area contributed by atoms with E-state index in [9.17, 15) is 5.11 Å². The quantitative estimate of drug-likeness (QED) is 0.785. The van der Waals surface area contributed by atoms with Crippen molar-refractivity contribution in [2.45, 2.75) is 24.9 Å². The van der Waals surface area contributed by atoms with Gasteiger partial charge in [-0.25, -0.2) is 15.0 Å². The number of aromatic nitrogens is 3. The van der Waals surface area contributed by atoms with Gasteiger partial charge in [-0.15, -0.1) is 11.3 Å². The Labute approximate surface area is 120 Å². The lowest BCUT2D eigenvalue weighted by atomic mass is 9.83. The number of aliphatic hydroxyl groups excluding tert-OH is 1. The van der Waals surface area contributed by atoms with Crippen molar-refractivity contribution in [1.29, 1.82) is 0 Å². The molecule has 0 radical (unpaired) electrons. The first-order valence-electron chi connectivity index (χ1n) is 6.63. The summed E-state index contributed by atoms with van der Waals surface area (Å²) in [6, 6.07) is 6.25. The van der Waals surface area contributed by atoms with E-state index in [1.807, 2.05) is 18.5 Å². The SMILES string of the molecule is O[C@H]1C[C@@H](c2nc3ccc(-c4cncnc4)cc3s2)C1. The molecule has 1 aromatic carbocycles. The lowest BCUT2D eigenvalue weighted by molar-refractivity contribution is 0.0746. The molecule has 0 spiro atoms. The summed E-state index contributed by atoms with van der Waals surface area (Å²) in [5.41, 5.74) is 3.16. The second-order valence-corrected chi connectivity index (χ2v) is 6.25. The molecule has 1 fully saturated rings. The zero-order valence-corrected chi connectivity index (χ0v) is 11.5. The van der Waals surface area contributed by atoms with Gasteiger partial charge in [0.05, 0.1) is 21.3 Å². The highest BCUT2D eigenvalue weighted by Gasteiger charge is 2.30. The van der Waals surface area contributed by atoms with Gasteiger partial charge in [0.25, 0.3) is 0 Å². The Morgan fingerprint density at radius 2 is 1.90 bits per heavy atom. The summed E-state index contributed by atoms with van der Waals surface area (Å²) in [4.78, 5) is 12.8. The van der Waals surface area contributed by atoms with Crippen LogP contribution in [0.25, 0.3) is 21.3 Å². The third-order valence-electron chi connectivity index (χ3n) is 3.76. The van der Waals surface area contributed by atoms with Crippen molar-refractivity contribution in [2.75, 3.05) is 0 Å². The predicted octanol–water partition coefficient (Wildman–Crippen LogP) is 2.99. The van der Waals surface area contributed by atoms with Crippen LogP contribution < -0.4 is 0 Å². The van der Waals surface area contributed by atoms with Gasteiger partial charge in [-0.3, -0.25) is 0 Å². The van der Waals surface area contributed by atoms with E-state index in [0.29, 0.717) is 5.92 Å². The van der Waals surface area contributed by atoms with Crippen LogP contribution in [0.5, 0.6) is 0 Å². The van der Waals surface area contributed by atoms with Crippen LogP contribution in [0.1, 0.15) is 23.8 Å². The monoisotopic (exact) mass is 283 g/mol. The molecule has 5 heteroatoms. The van der Waals surface area contributed by atoms with Gasteiger partial charge in [-0.1, -0.05) is 6.07 Å². The third kappa shape index (κ3) is 1.99. The summed E-state index contributed by atoms with van der Waals surface area (Å²) in [7, 11) is 0. The molecule has 2 heterocycles. The highest BCUT2D eigenvalue weighted by atomic mass is 32.1. The van der Waals surface area contributed by atoms with Crippen molar-refractivity contribution in [3.8, 4) is 11.1 Å². The molecule has 1 aliphatic rings. The summed E-state index contributed by atoms with van der Waals surface area (Å²) < 4.78 is 1.18.